The van der Waals surface area contributed by atoms with Gasteiger partial charge in [-0.25, -0.2) is 4.98 Å². The second kappa shape index (κ2) is 3.95. The summed E-state index contributed by atoms with van der Waals surface area (Å²) in [5.74, 6) is -0.394. The molecule has 1 heterocycles. The molecule has 0 saturated heterocycles. The third-order valence-electron chi connectivity index (χ3n) is 1.59. The highest BCUT2D eigenvalue weighted by atomic mass is 19.1. The van der Waals surface area contributed by atoms with E-state index in [0.717, 1.165) is 0 Å². The van der Waals surface area contributed by atoms with E-state index in [2.05, 4.69) is 9.98 Å². The molecule has 0 fully saturated rings. The second-order valence-corrected chi connectivity index (χ2v) is 2.43. The number of halogens is 1. The molecule has 0 aliphatic rings. The van der Waals surface area contributed by atoms with E-state index in [1.54, 1.807) is 19.2 Å². The second-order valence-electron chi connectivity index (χ2n) is 2.43. The third-order valence-corrected chi connectivity index (χ3v) is 1.59. The van der Waals surface area contributed by atoms with E-state index < -0.39 is 5.95 Å². The average molecular weight is 166 g/mol. The fraction of sp³-hybridized carbons (Fsp3) is 0.333. The van der Waals surface area contributed by atoms with Gasteiger partial charge in [0.25, 0.3) is 0 Å². The van der Waals surface area contributed by atoms with Gasteiger partial charge < -0.3 is 0 Å². The molecule has 0 radical (unpaired) electrons. The molecule has 0 unspecified atom stereocenters. The first-order chi connectivity index (χ1) is 5.77. The molecule has 0 bridgehead atoms. The van der Waals surface area contributed by atoms with Crippen molar-refractivity contribution in [3.8, 4) is 0 Å². The van der Waals surface area contributed by atoms with Crippen molar-refractivity contribution in [3.63, 3.8) is 0 Å². The minimum Gasteiger partial charge on any atom is -0.294 e. The monoisotopic (exact) mass is 166 g/mol. The number of nitrogens with zero attached hydrogens (tertiary/aromatic N) is 2. The Morgan fingerprint density at radius 1 is 1.58 bits per heavy atom. The zero-order valence-electron chi connectivity index (χ0n) is 7.21. The van der Waals surface area contributed by atoms with Gasteiger partial charge in [-0.1, -0.05) is 13.0 Å². The topological polar surface area (TPSA) is 25.2 Å². The Balaban J connectivity index is 3.01. The van der Waals surface area contributed by atoms with Crippen molar-refractivity contribution in [1.29, 1.82) is 0 Å². The molecular formula is C9H11FN2. The van der Waals surface area contributed by atoms with E-state index in [9.17, 15) is 4.39 Å². The maximum absolute atomic E-state index is 13.0. The molecular weight excluding hydrogens is 155 g/mol. The number of aryl methyl sites for hydroxylation is 1. The molecule has 0 atom stereocenters. The Bertz CT molecular complexity index is 295. The molecule has 3 heteroatoms. The summed E-state index contributed by atoms with van der Waals surface area (Å²) in [6, 6.07) is 3.49. The van der Waals surface area contributed by atoms with E-state index in [4.69, 9.17) is 0 Å². The lowest BCUT2D eigenvalue weighted by Gasteiger charge is -1.98. The van der Waals surface area contributed by atoms with Gasteiger partial charge in [-0.3, -0.25) is 4.99 Å². The third kappa shape index (κ3) is 1.87. The summed E-state index contributed by atoms with van der Waals surface area (Å²) in [7, 11) is 1.63. The fourth-order valence-corrected chi connectivity index (χ4v) is 0.945. The Morgan fingerprint density at radius 2 is 2.33 bits per heavy atom. The molecule has 1 aromatic heterocycles. The molecule has 1 aromatic rings. The molecule has 0 amide bonds. The SMILES string of the molecule is CCc1ccc(/C=N/C)nc1F. The highest BCUT2D eigenvalue weighted by Crippen LogP contribution is 2.05. The number of aromatic nitrogens is 1. The van der Waals surface area contributed by atoms with Crippen LogP contribution in [0.4, 0.5) is 4.39 Å². The van der Waals surface area contributed by atoms with Crippen molar-refractivity contribution in [2.75, 3.05) is 7.05 Å². The van der Waals surface area contributed by atoms with Gasteiger partial charge in [-0.2, -0.15) is 4.39 Å². The lowest BCUT2D eigenvalue weighted by Crippen LogP contribution is -1.96. The summed E-state index contributed by atoms with van der Waals surface area (Å²) in [4.78, 5) is 7.47. The lowest BCUT2D eigenvalue weighted by molar-refractivity contribution is 0.568. The highest BCUT2D eigenvalue weighted by Gasteiger charge is 2.00. The van der Waals surface area contributed by atoms with Gasteiger partial charge >= 0.3 is 0 Å². The quantitative estimate of drug-likeness (QED) is 0.486. The Labute approximate surface area is 71.2 Å². The number of hydrogen-bond donors (Lipinski definition) is 0. The van der Waals surface area contributed by atoms with Gasteiger partial charge in [0, 0.05) is 18.8 Å². The van der Waals surface area contributed by atoms with E-state index >= 15 is 0 Å². The van der Waals surface area contributed by atoms with Crippen LogP contribution in [0.2, 0.25) is 0 Å². The van der Waals surface area contributed by atoms with Crippen molar-refractivity contribution in [1.82, 2.24) is 4.98 Å². The average Bonchev–Trinajstić information content (AvgIpc) is 2.05. The van der Waals surface area contributed by atoms with Gasteiger partial charge in [0.05, 0.1) is 5.69 Å². The zero-order chi connectivity index (χ0) is 8.97. The smallest absolute Gasteiger partial charge is 0.216 e. The normalized spacial score (nSPS) is 10.9. The first-order valence-electron chi connectivity index (χ1n) is 3.85. The van der Waals surface area contributed by atoms with Crippen LogP contribution in [0.25, 0.3) is 0 Å². The van der Waals surface area contributed by atoms with Gasteiger partial charge in [0.15, 0.2) is 0 Å². The first kappa shape index (κ1) is 8.84. The van der Waals surface area contributed by atoms with Gasteiger partial charge in [0.2, 0.25) is 5.95 Å². The minimum atomic E-state index is -0.394. The fourth-order valence-electron chi connectivity index (χ4n) is 0.945. The van der Waals surface area contributed by atoms with E-state index in [1.165, 1.54) is 6.21 Å². The van der Waals surface area contributed by atoms with Crippen molar-refractivity contribution in [3.05, 3.63) is 29.3 Å². The van der Waals surface area contributed by atoms with Crippen LogP contribution in [0.15, 0.2) is 17.1 Å². The molecule has 2 nitrogen and oxygen atoms in total. The molecule has 0 saturated carbocycles. The van der Waals surface area contributed by atoms with Crippen LogP contribution in [0, 0.1) is 5.95 Å². The summed E-state index contributed by atoms with van der Waals surface area (Å²) in [5.41, 5.74) is 1.20. The standard InChI is InChI=1S/C9H11FN2/c1-3-7-4-5-8(6-11-2)12-9(7)10/h4-6H,3H2,1-2H3/b11-6+. The molecule has 1 rings (SSSR count). The van der Waals surface area contributed by atoms with E-state index in [1.807, 2.05) is 6.92 Å². The van der Waals surface area contributed by atoms with Crippen LogP contribution in [0.1, 0.15) is 18.2 Å². The predicted octanol–water partition coefficient (Wildman–Crippen LogP) is 1.83. The number of pyridine rings is 1. The van der Waals surface area contributed by atoms with Crippen LogP contribution >= 0.6 is 0 Å². The highest BCUT2D eigenvalue weighted by molar-refractivity contribution is 5.76. The van der Waals surface area contributed by atoms with Crippen LogP contribution in [-0.2, 0) is 6.42 Å². The Morgan fingerprint density at radius 3 is 2.83 bits per heavy atom. The Hall–Kier alpha value is -1.25. The summed E-state index contributed by atoms with van der Waals surface area (Å²) in [6.45, 7) is 1.90. The first-order valence-corrected chi connectivity index (χ1v) is 3.85. The molecule has 0 aliphatic heterocycles. The predicted molar refractivity (Wildman–Crippen MR) is 47.1 cm³/mol. The van der Waals surface area contributed by atoms with Crippen molar-refractivity contribution in [2.45, 2.75) is 13.3 Å². The zero-order valence-corrected chi connectivity index (χ0v) is 7.21. The number of rotatable bonds is 2. The van der Waals surface area contributed by atoms with Crippen molar-refractivity contribution in [2.24, 2.45) is 4.99 Å². The van der Waals surface area contributed by atoms with Crippen molar-refractivity contribution >= 4 is 6.21 Å². The summed E-state index contributed by atoms with van der Waals surface area (Å²) >= 11 is 0. The van der Waals surface area contributed by atoms with Crippen LogP contribution in [0.5, 0.6) is 0 Å². The molecule has 0 aromatic carbocycles. The largest absolute Gasteiger partial charge is 0.294 e. The molecule has 64 valence electrons. The van der Waals surface area contributed by atoms with E-state index in [0.29, 0.717) is 17.7 Å². The maximum atomic E-state index is 13.0. The van der Waals surface area contributed by atoms with Crippen molar-refractivity contribution < 1.29 is 4.39 Å². The van der Waals surface area contributed by atoms with Crippen LogP contribution < -0.4 is 0 Å². The van der Waals surface area contributed by atoms with Gasteiger partial charge in [-0.05, 0) is 12.5 Å². The molecule has 0 N–H and O–H groups in total. The molecule has 0 aliphatic carbocycles. The maximum Gasteiger partial charge on any atom is 0.216 e. The summed E-state index contributed by atoms with van der Waals surface area (Å²) in [6.07, 6.45) is 2.20. The summed E-state index contributed by atoms with van der Waals surface area (Å²) in [5, 5.41) is 0. The molecule has 12 heavy (non-hydrogen) atoms. The Kier molecular flexibility index (Phi) is 2.91. The van der Waals surface area contributed by atoms with Gasteiger partial charge in [0.1, 0.15) is 0 Å². The van der Waals surface area contributed by atoms with Crippen LogP contribution in [-0.4, -0.2) is 18.2 Å². The number of hydrogen-bond acceptors (Lipinski definition) is 2. The number of aliphatic imine (C=N–C) groups is 1. The van der Waals surface area contributed by atoms with Crippen LogP contribution in [0.3, 0.4) is 0 Å². The lowest BCUT2D eigenvalue weighted by atomic mass is 10.2. The molecule has 0 spiro atoms. The van der Waals surface area contributed by atoms with Gasteiger partial charge in [-0.15, -0.1) is 0 Å². The summed E-state index contributed by atoms with van der Waals surface area (Å²) < 4.78 is 13.0. The minimum absolute atomic E-state index is 0.394. The van der Waals surface area contributed by atoms with E-state index in [-0.39, 0.29) is 0 Å².